The van der Waals surface area contributed by atoms with E-state index in [1.807, 2.05) is 13.0 Å². The summed E-state index contributed by atoms with van der Waals surface area (Å²) in [5, 5.41) is 21.7. The highest BCUT2D eigenvalue weighted by molar-refractivity contribution is 5.34. The van der Waals surface area contributed by atoms with E-state index in [0.29, 0.717) is 0 Å². The van der Waals surface area contributed by atoms with Crippen LogP contribution in [0.2, 0.25) is 0 Å². The molecule has 1 aromatic carbocycles. The molecule has 2 N–H and O–H groups in total. The molecule has 1 fully saturated rings. The lowest BCUT2D eigenvalue weighted by Crippen LogP contribution is -2.41. The number of hydrogen-bond donors (Lipinski definition) is 2. The van der Waals surface area contributed by atoms with E-state index in [1.165, 1.54) is 25.0 Å². The second-order valence-electron chi connectivity index (χ2n) is 5.57. The van der Waals surface area contributed by atoms with Gasteiger partial charge in [0, 0.05) is 18.7 Å². The number of nitrogens with zero attached hydrogens (tertiary/aromatic N) is 1. The fourth-order valence-electron chi connectivity index (χ4n) is 2.95. The molecule has 0 amide bonds. The van der Waals surface area contributed by atoms with Crippen molar-refractivity contribution in [3.63, 3.8) is 0 Å². The normalized spacial score (nSPS) is 24.1. The Hall–Kier alpha value is -1.44. The zero-order valence-corrected chi connectivity index (χ0v) is 11.8. The minimum Gasteiger partial charge on any atom is -0.396 e. The third kappa shape index (κ3) is 3.36. The molecule has 3 nitrogen and oxygen atoms in total. The van der Waals surface area contributed by atoms with Crippen molar-refractivity contribution in [1.82, 2.24) is 5.32 Å². The molecule has 1 aliphatic rings. The minimum absolute atomic E-state index is 0.00870. The van der Waals surface area contributed by atoms with Crippen LogP contribution in [-0.4, -0.2) is 17.8 Å². The summed E-state index contributed by atoms with van der Waals surface area (Å²) in [7, 11) is 0. The molecule has 0 heterocycles. The molecule has 4 heteroatoms. The molecule has 1 aliphatic carbocycles. The number of halogens is 1. The molecule has 2 rings (SSSR count). The molecule has 108 valence electrons. The smallest absolute Gasteiger partial charge is 0.141 e. The lowest BCUT2D eigenvalue weighted by Gasteiger charge is -2.33. The Bertz CT molecular complexity index is 498. The van der Waals surface area contributed by atoms with E-state index in [-0.39, 0.29) is 30.2 Å². The van der Waals surface area contributed by atoms with Gasteiger partial charge in [-0.05, 0) is 43.4 Å². The minimum atomic E-state index is -0.471. The van der Waals surface area contributed by atoms with E-state index in [4.69, 9.17) is 5.26 Å². The zero-order chi connectivity index (χ0) is 14.5. The van der Waals surface area contributed by atoms with Gasteiger partial charge in [-0.15, -0.1) is 0 Å². The molecule has 0 bridgehead atoms. The highest BCUT2D eigenvalue weighted by atomic mass is 19.1. The first-order chi connectivity index (χ1) is 9.65. The molecule has 0 radical (unpaired) electrons. The third-order valence-corrected chi connectivity index (χ3v) is 4.22. The largest absolute Gasteiger partial charge is 0.396 e. The van der Waals surface area contributed by atoms with Crippen LogP contribution >= 0.6 is 0 Å². The second kappa shape index (κ2) is 6.83. The molecule has 0 aromatic heterocycles. The van der Waals surface area contributed by atoms with Gasteiger partial charge in [0.25, 0.3) is 0 Å². The predicted molar refractivity (Wildman–Crippen MR) is 75.5 cm³/mol. The van der Waals surface area contributed by atoms with Crippen LogP contribution in [0.3, 0.4) is 0 Å². The monoisotopic (exact) mass is 276 g/mol. The molecule has 3 unspecified atom stereocenters. The fourth-order valence-corrected chi connectivity index (χ4v) is 2.95. The molecule has 1 saturated carbocycles. The van der Waals surface area contributed by atoms with Gasteiger partial charge in [-0.1, -0.05) is 18.9 Å². The lowest BCUT2D eigenvalue weighted by atomic mass is 9.84. The van der Waals surface area contributed by atoms with Gasteiger partial charge in [0.1, 0.15) is 11.9 Å². The van der Waals surface area contributed by atoms with Gasteiger partial charge in [-0.3, -0.25) is 0 Å². The summed E-state index contributed by atoms with van der Waals surface area (Å²) in [4.78, 5) is 0. The zero-order valence-electron chi connectivity index (χ0n) is 11.8. The average molecular weight is 276 g/mol. The van der Waals surface area contributed by atoms with Crippen LogP contribution < -0.4 is 5.32 Å². The van der Waals surface area contributed by atoms with Crippen LogP contribution in [0.1, 0.15) is 49.8 Å². The van der Waals surface area contributed by atoms with Crippen LogP contribution in [0.25, 0.3) is 0 Å². The fraction of sp³-hybridized carbons (Fsp3) is 0.562. The van der Waals surface area contributed by atoms with Crippen molar-refractivity contribution in [2.75, 3.05) is 6.61 Å². The number of nitrogens with one attached hydrogen (secondary N) is 1. The first-order valence-corrected chi connectivity index (χ1v) is 7.22. The van der Waals surface area contributed by atoms with Crippen LogP contribution in [0.4, 0.5) is 4.39 Å². The maximum absolute atomic E-state index is 13.6. The molecule has 1 aromatic rings. The highest BCUT2D eigenvalue weighted by Crippen LogP contribution is 2.26. The molecular weight excluding hydrogens is 255 g/mol. The molecule has 3 atom stereocenters. The average Bonchev–Trinajstić information content (AvgIpc) is 2.47. The Morgan fingerprint density at radius 1 is 1.45 bits per heavy atom. The van der Waals surface area contributed by atoms with Gasteiger partial charge in [-0.2, -0.15) is 5.26 Å². The topological polar surface area (TPSA) is 56.0 Å². The van der Waals surface area contributed by atoms with Crippen LogP contribution in [-0.2, 0) is 0 Å². The SMILES string of the molecule is CC(NC1CCCCC1CO)c1ccc(C#N)c(F)c1. The standard InChI is InChI=1S/C16H21FN2O/c1-11(12-6-7-13(9-18)15(17)8-12)19-16-5-3-2-4-14(16)10-20/h6-8,11,14,16,19-20H,2-5,10H2,1H3. The van der Waals surface area contributed by atoms with Crippen LogP contribution in [0, 0.1) is 23.1 Å². The summed E-state index contributed by atoms with van der Waals surface area (Å²) in [5.41, 5.74) is 0.913. The molecule has 0 spiro atoms. The number of aliphatic hydroxyl groups excluding tert-OH is 1. The van der Waals surface area contributed by atoms with E-state index in [9.17, 15) is 9.50 Å². The van der Waals surface area contributed by atoms with E-state index in [2.05, 4.69) is 5.32 Å². The van der Waals surface area contributed by atoms with Crippen molar-refractivity contribution < 1.29 is 9.50 Å². The quantitative estimate of drug-likeness (QED) is 0.889. The summed E-state index contributed by atoms with van der Waals surface area (Å²) < 4.78 is 13.6. The van der Waals surface area contributed by atoms with Crippen molar-refractivity contribution >= 4 is 0 Å². The lowest BCUT2D eigenvalue weighted by molar-refractivity contribution is 0.147. The summed E-state index contributed by atoms with van der Waals surface area (Å²) in [5.74, 6) is -0.185. The van der Waals surface area contributed by atoms with E-state index in [0.717, 1.165) is 18.4 Å². The number of benzene rings is 1. The number of nitriles is 1. The Morgan fingerprint density at radius 3 is 2.85 bits per heavy atom. The molecule has 0 aliphatic heterocycles. The van der Waals surface area contributed by atoms with Crippen LogP contribution in [0.15, 0.2) is 18.2 Å². The Balaban J connectivity index is 2.05. The maximum atomic E-state index is 13.6. The molecule has 20 heavy (non-hydrogen) atoms. The summed E-state index contributed by atoms with van der Waals surface area (Å²) in [6, 6.07) is 6.85. The van der Waals surface area contributed by atoms with Crippen molar-refractivity contribution in [1.29, 1.82) is 5.26 Å². The van der Waals surface area contributed by atoms with Crippen LogP contribution in [0.5, 0.6) is 0 Å². The number of hydrogen-bond acceptors (Lipinski definition) is 3. The van der Waals surface area contributed by atoms with E-state index in [1.54, 1.807) is 6.07 Å². The highest BCUT2D eigenvalue weighted by Gasteiger charge is 2.25. The Morgan fingerprint density at radius 2 is 2.20 bits per heavy atom. The van der Waals surface area contributed by atoms with E-state index < -0.39 is 5.82 Å². The number of aliphatic hydroxyl groups is 1. The van der Waals surface area contributed by atoms with Crippen molar-refractivity contribution in [3.8, 4) is 6.07 Å². The molecule has 0 saturated heterocycles. The van der Waals surface area contributed by atoms with Crippen molar-refractivity contribution in [2.24, 2.45) is 5.92 Å². The first-order valence-electron chi connectivity index (χ1n) is 7.22. The summed E-state index contributed by atoms with van der Waals surface area (Å²) in [6.07, 6.45) is 4.43. The predicted octanol–water partition coefficient (Wildman–Crippen LogP) is 2.90. The third-order valence-electron chi connectivity index (χ3n) is 4.22. The second-order valence-corrected chi connectivity index (χ2v) is 5.57. The summed E-state index contributed by atoms with van der Waals surface area (Å²) in [6.45, 7) is 2.19. The molecular formula is C16H21FN2O. The van der Waals surface area contributed by atoms with Gasteiger partial charge in [0.05, 0.1) is 5.56 Å². The van der Waals surface area contributed by atoms with Gasteiger partial charge >= 0.3 is 0 Å². The van der Waals surface area contributed by atoms with Gasteiger partial charge < -0.3 is 10.4 Å². The Labute approximate surface area is 119 Å². The van der Waals surface area contributed by atoms with Gasteiger partial charge in [-0.25, -0.2) is 4.39 Å². The van der Waals surface area contributed by atoms with E-state index >= 15 is 0 Å². The van der Waals surface area contributed by atoms with Gasteiger partial charge in [0.2, 0.25) is 0 Å². The Kier molecular flexibility index (Phi) is 5.11. The number of rotatable bonds is 4. The summed E-state index contributed by atoms with van der Waals surface area (Å²) >= 11 is 0. The van der Waals surface area contributed by atoms with Gasteiger partial charge in [0.15, 0.2) is 0 Å². The van der Waals surface area contributed by atoms with Crippen molar-refractivity contribution in [2.45, 2.75) is 44.7 Å². The first kappa shape index (κ1) is 15.0. The maximum Gasteiger partial charge on any atom is 0.141 e. The van der Waals surface area contributed by atoms with Crippen molar-refractivity contribution in [3.05, 3.63) is 35.1 Å².